The van der Waals surface area contributed by atoms with E-state index in [0.717, 1.165) is 33.3 Å². The molecule has 3 nitrogen and oxygen atoms in total. The topological polar surface area (TPSA) is 42.0 Å². The van der Waals surface area contributed by atoms with Crippen LogP contribution in [0, 0.1) is 6.92 Å². The van der Waals surface area contributed by atoms with E-state index >= 15 is 0 Å². The number of fused-ring (bicyclic) bond motifs is 1. The Labute approximate surface area is 160 Å². The molecule has 0 saturated carbocycles. The molecule has 3 rings (SSSR count). The number of hydrogen-bond acceptors (Lipinski definition) is 2. The maximum Gasteiger partial charge on any atom is 0.224 e. The minimum Gasteiger partial charge on any atom is -0.354 e. The van der Waals surface area contributed by atoms with Gasteiger partial charge in [-0.25, -0.2) is 4.98 Å². The number of nitrogens with one attached hydrogen (secondary N) is 1. The number of rotatable bonds is 4. The van der Waals surface area contributed by atoms with Gasteiger partial charge in [-0.05, 0) is 50.1 Å². The van der Waals surface area contributed by atoms with Gasteiger partial charge in [-0.15, -0.1) is 0 Å². The van der Waals surface area contributed by atoms with E-state index in [-0.39, 0.29) is 18.4 Å². The van der Waals surface area contributed by atoms with Crippen molar-refractivity contribution in [1.29, 1.82) is 0 Å². The van der Waals surface area contributed by atoms with Crippen molar-refractivity contribution in [3.8, 4) is 11.3 Å². The summed E-state index contributed by atoms with van der Waals surface area (Å²) in [7, 11) is 5.95. The molecule has 0 aliphatic heterocycles. The van der Waals surface area contributed by atoms with Gasteiger partial charge in [-0.3, -0.25) is 4.79 Å². The van der Waals surface area contributed by atoms with E-state index in [9.17, 15) is 4.79 Å². The second-order valence-electron chi connectivity index (χ2n) is 6.75. The summed E-state index contributed by atoms with van der Waals surface area (Å²) in [5.41, 5.74) is 5.10. The van der Waals surface area contributed by atoms with Crippen LogP contribution >= 0.6 is 11.6 Å². The van der Waals surface area contributed by atoms with Gasteiger partial charge in [-0.1, -0.05) is 41.3 Å². The van der Waals surface area contributed by atoms with E-state index in [1.807, 2.05) is 63.2 Å². The zero-order valence-electron chi connectivity index (χ0n) is 15.1. The summed E-state index contributed by atoms with van der Waals surface area (Å²) in [4.78, 5) is 17.3. The van der Waals surface area contributed by atoms with Crippen LogP contribution in [0.15, 0.2) is 42.5 Å². The number of carbonyl (C=O) groups is 1. The number of amides is 1. The van der Waals surface area contributed by atoms with Crippen LogP contribution in [0.3, 0.4) is 0 Å². The average molecular weight is 363 g/mol. The second kappa shape index (κ2) is 7.51. The van der Waals surface area contributed by atoms with Crippen LogP contribution in [0.2, 0.25) is 5.02 Å². The van der Waals surface area contributed by atoms with E-state index in [4.69, 9.17) is 24.4 Å². The molecule has 0 saturated heterocycles. The van der Waals surface area contributed by atoms with Gasteiger partial charge in [0.05, 0.1) is 17.6 Å². The monoisotopic (exact) mass is 362 g/mol. The molecule has 26 heavy (non-hydrogen) atoms. The van der Waals surface area contributed by atoms with Gasteiger partial charge in [0.25, 0.3) is 0 Å². The molecule has 0 unspecified atom stereocenters. The lowest BCUT2D eigenvalue weighted by Gasteiger charge is -2.16. The van der Waals surface area contributed by atoms with E-state index in [1.54, 1.807) is 0 Å². The first-order chi connectivity index (χ1) is 12.3. The summed E-state index contributed by atoms with van der Waals surface area (Å²) >= 11 is 6.18. The first-order valence-electron chi connectivity index (χ1n) is 8.59. The van der Waals surface area contributed by atoms with E-state index in [1.165, 1.54) is 0 Å². The predicted molar refractivity (Wildman–Crippen MR) is 109 cm³/mol. The van der Waals surface area contributed by atoms with Gasteiger partial charge < -0.3 is 5.32 Å². The highest BCUT2D eigenvalue weighted by Crippen LogP contribution is 2.31. The lowest BCUT2D eigenvalue weighted by atomic mass is 9.90. The summed E-state index contributed by atoms with van der Waals surface area (Å²) in [6, 6.07) is 13.3. The molecule has 0 fully saturated rings. The van der Waals surface area contributed by atoms with Crippen molar-refractivity contribution >= 4 is 41.7 Å². The molecular formula is C21H20BClN2O. The number of aryl methyl sites for hydroxylation is 1. The van der Waals surface area contributed by atoms with Crippen molar-refractivity contribution in [2.45, 2.75) is 33.2 Å². The van der Waals surface area contributed by atoms with Crippen molar-refractivity contribution in [3.63, 3.8) is 0 Å². The second-order valence-corrected chi connectivity index (χ2v) is 7.19. The fourth-order valence-corrected chi connectivity index (χ4v) is 3.29. The van der Waals surface area contributed by atoms with Crippen LogP contribution < -0.4 is 10.8 Å². The van der Waals surface area contributed by atoms with Gasteiger partial charge in [0, 0.05) is 22.0 Å². The maximum absolute atomic E-state index is 12.4. The Morgan fingerprint density at radius 2 is 2.00 bits per heavy atom. The third kappa shape index (κ3) is 3.91. The molecule has 0 aliphatic rings. The molecule has 1 heterocycles. The largest absolute Gasteiger partial charge is 0.354 e. The Morgan fingerprint density at radius 1 is 1.23 bits per heavy atom. The summed E-state index contributed by atoms with van der Waals surface area (Å²) in [5, 5.41) is 4.55. The molecule has 130 valence electrons. The Hall–Kier alpha value is -2.33. The van der Waals surface area contributed by atoms with Crippen LogP contribution in [-0.4, -0.2) is 24.8 Å². The van der Waals surface area contributed by atoms with E-state index in [2.05, 4.69) is 5.32 Å². The SMILES string of the molecule is [B]c1ccc2nc(-c3cccc(Cl)c3)c(CC(=O)NC(C)C)c(C)c2c1. The third-order valence-corrected chi connectivity index (χ3v) is 4.52. The molecule has 1 N–H and O–H groups in total. The van der Waals surface area contributed by atoms with Gasteiger partial charge in [-0.2, -0.15) is 0 Å². The third-order valence-electron chi connectivity index (χ3n) is 4.28. The smallest absolute Gasteiger partial charge is 0.224 e. The number of aromatic nitrogens is 1. The van der Waals surface area contributed by atoms with Crippen LogP contribution in [0.4, 0.5) is 0 Å². The first-order valence-corrected chi connectivity index (χ1v) is 8.97. The standard InChI is InChI=1S/C21H20BClN2O/c1-12(2)24-20(26)11-18-13(3)17-10-15(22)7-8-19(17)25-21(18)14-5-4-6-16(23)9-14/h4-10,12H,11H2,1-3H3,(H,24,26). The highest BCUT2D eigenvalue weighted by Gasteiger charge is 2.17. The highest BCUT2D eigenvalue weighted by atomic mass is 35.5. The van der Waals surface area contributed by atoms with Gasteiger partial charge in [0.2, 0.25) is 5.91 Å². The fourth-order valence-electron chi connectivity index (χ4n) is 3.10. The normalized spacial score (nSPS) is 11.1. The number of pyridine rings is 1. The minimum absolute atomic E-state index is 0.0311. The molecule has 0 aliphatic carbocycles. The lowest BCUT2D eigenvalue weighted by Crippen LogP contribution is -2.31. The lowest BCUT2D eigenvalue weighted by molar-refractivity contribution is -0.120. The van der Waals surface area contributed by atoms with Crippen LogP contribution in [0.1, 0.15) is 25.0 Å². The molecule has 1 amide bonds. The number of halogens is 1. The van der Waals surface area contributed by atoms with Crippen LogP contribution in [0.25, 0.3) is 22.2 Å². The molecule has 2 aromatic carbocycles. The van der Waals surface area contributed by atoms with Crippen molar-refractivity contribution in [1.82, 2.24) is 10.3 Å². The Kier molecular flexibility index (Phi) is 5.33. The van der Waals surface area contributed by atoms with Gasteiger partial charge >= 0.3 is 0 Å². The highest BCUT2D eigenvalue weighted by molar-refractivity contribution is 6.33. The predicted octanol–water partition coefficient (Wildman–Crippen LogP) is 3.72. The minimum atomic E-state index is -0.0311. The number of nitrogens with zero attached hydrogens (tertiary/aromatic N) is 1. The molecule has 5 heteroatoms. The Balaban J connectivity index is 2.21. The van der Waals surface area contributed by atoms with Crippen molar-refractivity contribution < 1.29 is 4.79 Å². The van der Waals surface area contributed by atoms with Crippen LogP contribution in [0.5, 0.6) is 0 Å². The van der Waals surface area contributed by atoms with Crippen molar-refractivity contribution in [3.05, 3.63) is 58.6 Å². The summed E-state index contributed by atoms with van der Waals surface area (Å²) in [6.45, 7) is 5.90. The molecule has 0 atom stereocenters. The van der Waals surface area contributed by atoms with Crippen molar-refractivity contribution in [2.24, 2.45) is 0 Å². The Bertz CT molecular complexity index is 985. The maximum atomic E-state index is 12.4. The Morgan fingerprint density at radius 3 is 2.69 bits per heavy atom. The van der Waals surface area contributed by atoms with Crippen molar-refractivity contribution in [2.75, 3.05) is 0 Å². The molecule has 2 radical (unpaired) electrons. The zero-order valence-corrected chi connectivity index (χ0v) is 15.9. The summed E-state index contributed by atoms with van der Waals surface area (Å²) in [6.07, 6.45) is 0.254. The van der Waals surface area contributed by atoms with Gasteiger partial charge in [0.15, 0.2) is 0 Å². The molecule has 0 spiro atoms. The van der Waals surface area contributed by atoms with Gasteiger partial charge in [0.1, 0.15) is 7.85 Å². The first kappa shape index (κ1) is 18.5. The molecule has 0 bridgehead atoms. The fraction of sp³-hybridized carbons (Fsp3) is 0.238. The quantitative estimate of drug-likeness (QED) is 0.719. The molecule has 3 aromatic rings. The number of hydrogen-bond donors (Lipinski definition) is 1. The summed E-state index contributed by atoms with van der Waals surface area (Å²) < 4.78 is 0. The molecule has 1 aromatic heterocycles. The number of benzene rings is 2. The number of carbonyl (C=O) groups excluding carboxylic acids is 1. The van der Waals surface area contributed by atoms with E-state index < -0.39 is 0 Å². The average Bonchev–Trinajstić information content (AvgIpc) is 2.57. The summed E-state index contributed by atoms with van der Waals surface area (Å²) in [5.74, 6) is -0.0311. The van der Waals surface area contributed by atoms with E-state index in [0.29, 0.717) is 10.5 Å². The molecular weight excluding hydrogens is 343 g/mol. The van der Waals surface area contributed by atoms with Crippen LogP contribution in [-0.2, 0) is 11.2 Å². The zero-order chi connectivity index (χ0) is 18.8.